The van der Waals surface area contributed by atoms with Gasteiger partial charge >= 0.3 is 11.9 Å². The van der Waals surface area contributed by atoms with Gasteiger partial charge in [0.2, 0.25) is 0 Å². The van der Waals surface area contributed by atoms with Crippen LogP contribution in [0.1, 0.15) is 53.4 Å². The number of unbranched alkanes of at least 4 members (excludes halogenated alkanes) is 2. The minimum atomic E-state index is -0.935. The molecule has 23 heavy (non-hydrogen) atoms. The first-order chi connectivity index (χ1) is 10.1. The van der Waals surface area contributed by atoms with E-state index < -0.39 is 11.9 Å². The molecule has 0 saturated carbocycles. The number of aliphatic hydroxyl groups is 2. The fourth-order valence-electron chi connectivity index (χ4n) is 0.316. The van der Waals surface area contributed by atoms with Crippen molar-refractivity contribution in [2.45, 2.75) is 53.4 Å². The van der Waals surface area contributed by atoms with Gasteiger partial charge < -0.3 is 20.4 Å². The van der Waals surface area contributed by atoms with E-state index in [1.54, 1.807) is 0 Å². The molecule has 0 aromatic rings. The smallest absolute Gasteiger partial charge is 0.330 e. The zero-order valence-corrected chi connectivity index (χ0v) is 16.3. The van der Waals surface area contributed by atoms with E-state index in [2.05, 4.69) is 27.0 Å². The summed E-state index contributed by atoms with van der Waals surface area (Å²) in [4.78, 5) is 19.2. The number of aliphatic carboxylic acids is 2. The molecule has 0 aliphatic carbocycles. The molecule has 0 amide bonds. The predicted molar refractivity (Wildman–Crippen MR) is 88.9 cm³/mol. The number of carbonyl (C=O) groups is 2. The average molecular weight is 368 g/mol. The first-order valence-electron chi connectivity index (χ1n) is 7.11. The van der Waals surface area contributed by atoms with E-state index in [1.807, 2.05) is 0 Å². The Hall–Kier alpha value is -0.946. The summed E-state index contributed by atoms with van der Waals surface area (Å²) in [7, 11) is 0. The van der Waals surface area contributed by atoms with Gasteiger partial charge in [-0.3, -0.25) is 0 Å². The van der Waals surface area contributed by atoms with Gasteiger partial charge in [-0.1, -0.05) is 39.8 Å². The topological polar surface area (TPSA) is 115 Å². The molecule has 0 fully saturated rings. The summed E-state index contributed by atoms with van der Waals surface area (Å²) < 4.78 is 0. The molecular formula is C16H32O6Ti. The molecule has 7 heteroatoms. The molecule has 0 heterocycles. The van der Waals surface area contributed by atoms with Crippen molar-refractivity contribution < 1.29 is 51.7 Å². The van der Waals surface area contributed by atoms with E-state index in [1.165, 1.54) is 13.8 Å². The van der Waals surface area contributed by atoms with Gasteiger partial charge in [0.25, 0.3) is 0 Å². The van der Waals surface area contributed by atoms with Crippen LogP contribution in [0.2, 0.25) is 0 Å². The maximum Gasteiger partial charge on any atom is 0.330 e. The molecule has 0 atom stereocenters. The van der Waals surface area contributed by atoms with Gasteiger partial charge in [0, 0.05) is 46.1 Å². The zero-order valence-electron chi connectivity index (χ0n) is 14.8. The third-order valence-corrected chi connectivity index (χ3v) is 1.75. The van der Waals surface area contributed by atoms with Gasteiger partial charge in [0.1, 0.15) is 0 Å². The summed E-state index contributed by atoms with van der Waals surface area (Å²) in [6, 6.07) is 0. The van der Waals surface area contributed by atoms with Crippen molar-refractivity contribution in [2.24, 2.45) is 0 Å². The van der Waals surface area contributed by atoms with Gasteiger partial charge in [-0.05, 0) is 26.7 Å². The summed E-state index contributed by atoms with van der Waals surface area (Å²) in [5.41, 5.74) is 0.352. The molecule has 0 rings (SSSR count). The van der Waals surface area contributed by atoms with Crippen LogP contribution in [0, 0.1) is 0 Å². The van der Waals surface area contributed by atoms with Gasteiger partial charge in [0.15, 0.2) is 0 Å². The van der Waals surface area contributed by atoms with Gasteiger partial charge in [-0.15, -0.1) is 0 Å². The van der Waals surface area contributed by atoms with Crippen molar-refractivity contribution in [3.05, 3.63) is 24.3 Å². The normalized spacial score (nSPS) is 7.57. The van der Waals surface area contributed by atoms with Crippen molar-refractivity contribution in [3.63, 3.8) is 0 Å². The summed E-state index contributed by atoms with van der Waals surface area (Å²) in [5.74, 6) is -1.87. The van der Waals surface area contributed by atoms with Crippen LogP contribution in [0.3, 0.4) is 0 Å². The van der Waals surface area contributed by atoms with Gasteiger partial charge in [-0.2, -0.15) is 0 Å². The molecule has 0 aromatic carbocycles. The molecule has 0 aliphatic heterocycles. The first-order valence-corrected chi connectivity index (χ1v) is 7.11. The second-order valence-corrected chi connectivity index (χ2v) is 4.33. The van der Waals surface area contributed by atoms with Crippen molar-refractivity contribution >= 4 is 11.9 Å². The van der Waals surface area contributed by atoms with Crippen LogP contribution in [0.4, 0.5) is 0 Å². The quantitative estimate of drug-likeness (QED) is 0.423. The monoisotopic (exact) mass is 368 g/mol. The Bertz CT molecular complexity index is 245. The maximum absolute atomic E-state index is 9.60. The van der Waals surface area contributed by atoms with Crippen molar-refractivity contribution in [1.29, 1.82) is 0 Å². The van der Waals surface area contributed by atoms with E-state index >= 15 is 0 Å². The Morgan fingerprint density at radius 3 is 0.957 bits per heavy atom. The molecule has 136 valence electrons. The standard InChI is InChI=1S/2C4H6O2.2C4H10O.Ti/c2*1-3(2)4(5)6;2*1-2-3-4-5;/h2*1H2,2H3,(H,5,6);2*5H,2-4H2,1H3;. The fourth-order valence-corrected chi connectivity index (χ4v) is 0.316. The molecule has 0 unspecified atom stereocenters. The molecule has 4 N–H and O–H groups in total. The molecule has 0 aromatic heterocycles. The number of rotatable bonds is 6. The Labute approximate surface area is 154 Å². The molecule has 0 aliphatic rings. The third kappa shape index (κ3) is 62.6. The predicted octanol–water partition coefficient (Wildman–Crippen LogP) is 2.85. The SMILES string of the molecule is C=C(C)C(=O)O.C=C(C)C(=O)O.CCCCO.CCCCO.[Ti]. The second kappa shape index (κ2) is 29.1. The van der Waals surface area contributed by atoms with Gasteiger partial charge in [0.05, 0.1) is 0 Å². The average Bonchev–Trinajstić information content (AvgIpc) is 2.42. The minimum absolute atomic E-state index is 0. The van der Waals surface area contributed by atoms with E-state index in [4.69, 9.17) is 20.4 Å². The van der Waals surface area contributed by atoms with Crippen LogP contribution in [-0.2, 0) is 31.3 Å². The van der Waals surface area contributed by atoms with Crippen LogP contribution in [-0.4, -0.2) is 45.6 Å². The summed E-state index contributed by atoms with van der Waals surface area (Å²) >= 11 is 0. The molecule has 0 saturated heterocycles. The number of carboxylic acids is 2. The Morgan fingerprint density at radius 1 is 0.783 bits per heavy atom. The molecule has 0 radical (unpaired) electrons. The summed E-state index contributed by atoms with van der Waals surface area (Å²) in [5, 5.41) is 31.9. The second-order valence-electron chi connectivity index (χ2n) is 4.33. The number of carboxylic acid groups (broad SMARTS) is 2. The van der Waals surface area contributed by atoms with Crippen LogP contribution in [0.15, 0.2) is 24.3 Å². The van der Waals surface area contributed by atoms with Crippen LogP contribution in [0.25, 0.3) is 0 Å². The van der Waals surface area contributed by atoms with Crippen LogP contribution in [0.5, 0.6) is 0 Å². The fraction of sp³-hybridized carbons (Fsp3) is 0.625. The van der Waals surface area contributed by atoms with E-state index in [0.29, 0.717) is 13.2 Å². The molecule has 0 bridgehead atoms. The Kier molecular flexibility index (Phi) is 42.5. The van der Waals surface area contributed by atoms with Crippen molar-refractivity contribution in [3.8, 4) is 0 Å². The van der Waals surface area contributed by atoms with Crippen molar-refractivity contribution in [1.82, 2.24) is 0 Å². The van der Waals surface area contributed by atoms with Crippen LogP contribution >= 0.6 is 0 Å². The summed E-state index contributed by atoms with van der Waals surface area (Å²) in [6.07, 6.45) is 4.08. The van der Waals surface area contributed by atoms with E-state index in [9.17, 15) is 9.59 Å². The number of aliphatic hydroxyl groups excluding tert-OH is 2. The van der Waals surface area contributed by atoms with E-state index in [0.717, 1.165) is 25.7 Å². The largest absolute Gasteiger partial charge is 0.478 e. The summed E-state index contributed by atoms with van der Waals surface area (Å²) in [6.45, 7) is 14.0. The molecule has 0 spiro atoms. The Balaban J connectivity index is -0.0000000620. The van der Waals surface area contributed by atoms with E-state index in [-0.39, 0.29) is 32.9 Å². The van der Waals surface area contributed by atoms with Gasteiger partial charge in [-0.25, -0.2) is 9.59 Å². The Morgan fingerprint density at radius 2 is 0.957 bits per heavy atom. The number of hydrogen-bond acceptors (Lipinski definition) is 4. The van der Waals surface area contributed by atoms with Crippen LogP contribution < -0.4 is 0 Å². The third-order valence-electron chi connectivity index (χ3n) is 1.75. The molecule has 6 nitrogen and oxygen atoms in total. The zero-order chi connectivity index (χ0) is 18.6. The number of hydrogen-bond donors (Lipinski definition) is 4. The van der Waals surface area contributed by atoms with Crippen molar-refractivity contribution in [2.75, 3.05) is 13.2 Å². The first kappa shape index (κ1) is 33.6. The minimum Gasteiger partial charge on any atom is -0.478 e. The molecular weight excluding hydrogens is 336 g/mol. The maximum atomic E-state index is 9.60.